The number of nitro groups is 1. The van der Waals surface area contributed by atoms with E-state index in [4.69, 9.17) is 37.7 Å². The first-order valence-electron chi connectivity index (χ1n) is 17.1. The molecule has 0 fully saturated rings. The lowest BCUT2D eigenvalue weighted by Gasteiger charge is -2.37. The van der Waals surface area contributed by atoms with Crippen LogP contribution in [0.25, 0.3) is 0 Å². The van der Waals surface area contributed by atoms with Gasteiger partial charge in [0.25, 0.3) is 0 Å². The normalized spacial score (nSPS) is 14.1. The second-order valence-corrected chi connectivity index (χ2v) is 14.2. The first-order chi connectivity index (χ1) is 26.4. The maximum atomic E-state index is 14.5. The van der Waals surface area contributed by atoms with Crippen molar-refractivity contribution >= 4 is 64.5 Å². The quantitative estimate of drug-likeness (QED) is 0.0587. The number of aliphatic imine (C=N–C) groups is 1. The average Bonchev–Trinajstić information content (AvgIpc) is 3.62. The van der Waals surface area contributed by atoms with Gasteiger partial charge in [-0.25, -0.2) is 14.8 Å². The van der Waals surface area contributed by atoms with Crippen molar-refractivity contribution in [2.24, 2.45) is 4.99 Å². The predicted octanol–water partition coefficient (Wildman–Crippen LogP) is 6.79. The summed E-state index contributed by atoms with van der Waals surface area (Å²) in [4.78, 5) is 58.8. The minimum absolute atomic E-state index is 0.0446. The van der Waals surface area contributed by atoms with Gasteiger partial charge in [-0.1, -0.05) is 58.5 Å². The summed E-state index contributed by atoms with van der Waals surface area (Å²) in [6.07, 6.45) is 8.69. The fourth-order valence-electron chi connectivity index (χ4n) is 6.32. The molecular weight excluding hydrogens is 749 g/mol. The van der Waals surface area contributed by atoms with E-state index in [0.29, 0.717) is 46.8 Å². The topological polar surface area (TPSA) is 165 Å². The molecule has 4 heterocycles. The lowest BCUT2D eigenvalue weighted by molar-refractivity contribution is -0.880. The van der Waals surface area contributed by atoms with Crippen LogP contribution in [0.4, 0.5) is 28.1 Å². The van der Waals surface area contributed by atoms with Crippen molar-refractivity contribution in [2.75, 3.05) is 56.5 Å². The number of carbonyl (C=O) groups excluding carboxylic acids is 2. The molecule has 4 aromatic rings. The van der Waals surface area contributed by atoms with Crippen molar-refractivity contribution in [2.45, 2.75) is 25.9 Å². The van der Waals surface area contributed by atoms with Crippen molar-refractivity contribution in [3.63, 3.8) is 0 Å². The molecule has 0 spiro atoms. The predicted molar refractivity (Wildman–Crippen MR) is 210 cm³/mol. The summed E-state index contributed by atoms with van der Waals surface area (Å²) in [6, 6.07) is 13.9. The Hall–Kier alpha value is -5.90. The van der Waals surface area contributed by atoms with Gasteiger partial charge in [0.15, 0.2) is 5.78 Å². The molecule has 17 heteroatoms. The monoisotopic (exact) mass is 786 g/mol. The number of nitrogens with zero attached hydrogens (tertiary/aromatic N) is 8. The van der Waals surface area contributed by atoms with Crippen LogP contribution in [-0.2, 0) is 24.3 Å². The van der Waals surface area contributed by atoms with Gasteiger partial charge in [-0.05, 0) is 40.3 Å². The number of aromatic nitrogens is 3. The molecule has 284 valence electrons. The Morgan fingerprint density at radius 1 is 1.05 bits per heavy atom. The molecule has 1 N–H and O–H groups in total. The maximum Gasteiger partial charge on any atom is 0.368 e. The molecule has 2 aliphatic heterocycles. The van der Waals surface area contributed by atoms with Gasteiger partial charge in [-0.15, -0.1) is 0 Å². The third-order valence-corrected chi connectivity index (χ3v) is 9.62. The molecule has 2 aromatic heterocycles. The number of anilines is 4. The summed E-state index contributed by atoms with van der Waals surface area (Å²) in [5, 5.41) is 14.7. The summed E-state index contributed by atoms with van der Waals surface area (Å²) >= 11 is 13.6. The zero-order chi connectivity index (χ0) is 39.3. The molecule has 2 aliphatic rings. The number of ether oxygens (including phenoxy) is 2. The number of fused-ring (bicyclic) bond motifs is 1. The Bertz CT molecular complexity index is 2200. The molecule has 0 bridgehead atoms. The number of quaternary nitrogens is 1. The van der Waals surface area contributed by atoms with Gasteiger partial charge in [0, 0.05) is 36.9 Å². The van der Waals surface area contributed by atoms with E-state index in [1.807, 2.05) is 44.4 Å². The van der Waals surface area contributed by atoms with E-state index >= 15 is 0 Å². The summed E-state index contributed by atoms with van der Waals surface area (Å²) in [6.45, 7) is 1.04. The lowest BCUT2D eigenvalue weighted by Crippen LogP contribution is -2.48. The van der Waals surface area contributed by atoms with E-state index in [9.17, 15) is 19.7 Å². The highest BCUT2D eigenvalue weighted by molar-refractivity contribution is 6.42. The van der Waals surface area contributed by atoms with Crippen LogP contribution in [0.5, 0.6) is 11.5 Å². The summed E-state index contributed by atoms with van der Waals surface area (Å²) < 4.78 is 11.4. The van der Waals surface area contributed by atoms with E-state index in [-0.39, 0.29) is 64.3 Å². The smallest absolute Gasteiger partial charge is 0.368 e. The molecule has 15 nitrogen and oxygen atoms in total. The molecule has 0 atom stereocenters. The van der Waals surface area contributed by atoms with Gasteiger partial charge in [0.05, 0.1) is 59.2 Å². The van der Waals surface area contributed by atoms with Gasteiger partial charge in [-0.3, -0.25) is 14.6 Å². The Morgan fingerprint density at radius 2 is 1.80 bits per heavy atom. The largest absolute Gasteiger partial charge is 0.495 e. The van der Waals surface area contributed by atoms with Crippen LogP contribution in [0.3, 0.4) is 0 Å². The summed E-state index contributed by atoms with van der Waals surface area (Å²) in [7, 11) is 6.79. The fraction of sp³-hybridized carbons (Fsp3) is 0.263. The molecule has 0 radical (unpaired) electrons. The number of halogens is 2. The van der Waals surface area contributed by atoms with Crippen LogP contribution in [-0.4, -0.2) is 83.8 Å². The summed E-state index contributed by atoms with van der Waals surface area (Å²) in [5.41, 5.74) is 2.96. The van der Waals surface area contributed by atoms with E-state index in [2.05, 4.69) is 20.3 Å². The Balaban J connectivity index is 1.24. The van der Waals surface area contributed by atoms with Gasteiger partial charge in [0.2, 0.25) is 5.95 Å². The highest BCUT2D eigenvalue weighted by atomic mass is 35.5. The molecule has 55 heavy (non-hydrogen) atoms. The molecule has 2 aromatic carbocycles. The number of allylic oxidation sites excluding steroid dienone is 1. The van der Waals surface area contributed by atoms with E-state index < -0.39 is 11.0 Å². The highest BCUT2D eigenvalue weighted by Crippen LogP contribution is 2.48. The van der Waals surface area contributed by atoms with Crippen molar-refractivity contribution in [3.8, 4) is 11.5 Å². The van der Waals surface area contributed by atoms with Crippen LogP contribution in [0, 0.1) is 10.1 Å². The molecule has 0 unspecified atom stereocenters. The Morgan fingerprint density at radius 3 is 2.49 bits per heavy atom. The molecule has 0 saturated carbocycles. The molecule has 0 saturated heterocycles. The molecule has 6 rings (SSSR count). The highest BCUT2D eigenvalue weighted by Gasteiger charge is 2.37. The molecular formula is C38H38Cl2N9O6+. The maximum absolute atomic E-state index is 14.5. The SMILES string of the molecule is COc1cc(OC)c(Cl)c(N2Cc3cnc(Nc4ccccn4)nc3N(Cc3cccc(CC(=O)/C=C/C[N+](C)(C)CC4=C([N+](=O)[O-])N=CC4)c3)C2=O)c1Cl. The molecule has 2 amide bonds. The minimum Gasteiger partial charge on any atom is -0.495 e. The zero-order valence-corrected chi connectivity index (χ0v) is 32.0. The second kappa shape index (κ2) is 16.6. The third-order valence-electron chi connectivity index (χ3n) is 8.89. The van der Waals surface area contributed by atoms with Crippen LogP contribution in [0.15, 0.2) is 89.5 Å². The second-order valence-electron chi connectivity index (χ2n) is 13.4. The Kier molecular flexibility index (Phi) is 11.7. The number of amides is 2. The van der Waals surface area contributed by atoms with Crippen LogP contribution in [0.2, 0.25) is 10.0 Å². The van der Waals surface area contributed by atoms with Gasteiger partial charge in [-0.2, -0.15) is 4.98 Å². The number of likely N-dealkylation sites (N-methyl/N-ethyl adjacent to an activating group) is 1. The van der Waals surface area contributed by atoms with E-state index in [1.165, 1.54) is 30.1 Å². The van der Waals surface area contributed by atoms with Gasteiger partial charge in [0.1, 0.15) is 45.9 Å². The van der Waals surface area contributed by atoms with Crippen molar-refractivity contribution < 1.29 is 28.5 Å². The number of methoxy groups -OCH3 is 2. The van der Waals surface area contributed by atoms with E-state index in [0.717, 1.165) is 11.1 Å². The first kappa shape index (κ1) is 38.8. The number of nitrogens with one attached hydrogen (secondary N) is 1. The van der Waals surface area contributed by atoms with Crippen molar-refractivity contribution in [1.82, 2.24) is 15.0 Å². The van der Waals surface area contributed by atoms with Gasteiger partial charge >= 0.3 is 11.9 Å². The first-order valence-corrected chi connectivity index (χ1v) is 17.8. The fourth-order valence-corrected chi connectivity index (χ4v) is 7.03. The van der Waals surface area contributed by atoms with E-state index in [1.54, 1.807) is 42.9 Å². The number of carbonyl (C=O) groups is 2. The van der Waals surface area contributed by atoms with Gasteiger partial charge < -0.3 is 29.4 Å². The minimum atomic E-state index is -0.468. The number of rotatable bonds is 15. The molecule has 0 aliphatic carbocycles. The number of hydrogen-bond acceptors (Lipinski definition) is 11. The Labute approximate surface area is 327 Å². The third kappa shape index (κ3) is 8.91. The van der Waals surface area contributed by atoms with Crippen molar-refractivity contribution in [3.05, 3.63) is 121 Å². The van der Waals surface area contributed by atoms with Crippen LogP contribution < -0.4 is 24.6 Å². The van der Waals surface area contributed by atoms with Crippen LogP contribution >= 0.6 is 23.2 Å². The number of hydrogen-bond donors (Lipinski definition) is 1. The number of urea groups is 1. The summed E-state index contributed by atoms with van der Waals surface area (Å²) in [5.74, 6) is 1.45. The number of pyridine rings is 1. The number of ketones is 1. The van der Waals surface area contributed by atoms with Crippen LogP contribution in [0.1, 0.15) is 23.1 Å². The van der Waals surface area contributed by atoms with Crippen molar-refractivity contribution in [1.29, 1.82) is 0 Å². The average molecular weight is 788 g/mol. The lowest BCUT2D eigenvalue weighted by atomic mass is 10.0. The number of benzene rings is 2. The zero-order valence-electron chi connectivity index (χ0n) is 30.5. The standard InChI is InChI=1S/C38H38Cl2N9O6/c1-49(2,23-26-13-15-42-35(26)48(52)53)16-8-11-28(50)18-24-9-7-10-25(17-24)21-47-36-27(20-43-37(45-36)44-31-12-5-6-14-41-31)22-46(38(47)51)34-32(39)29(54-3)19-30(55-4)33(34)40/h5-12,14-15,17,19-20H,13,16,18,21-23H2,1-4H3,(H,41,43,44,45)/q+1/b11-8+.